The first-order chi connectivity index (χ1) is 9.50. The summed E-state index contributed by atoms with van der Waals surface area (Å²) in [6.45, 7) is 0. The van der Waals surface area contributed by atoms with Crippen LogP contribution in [-0.2, 0) is 0 Å². The Bertz CT molecular complexity index is 422. The largest absolute Gasteiger partial charge is 0.460 e. The van der Waals surface area contributed by atoms with Gasteiger partial charge in [0, 0.05) is 0 Å². The minimum Gasteiger partial charge on any atom is -0.369 e. The predicted octanol–water partition coefficient (Wildman–Crippen LogP) is 4.31. The van der Waals surface area contributed by atoms with Gasteiger partial charge in [0.25, 0.3) is 0 Å². The van der Waals surface area contributed by atoms with Crippen LogP contribution in [0, 0.1) is 0 Å². The molecule has 0 aliphatic carbocycles. The molecule has 0 saturated carbocycles. The lowest BCUT2D eigenvalue weighted by Crippen LogP contribution is -2.77. The molecule has 1 nitrogen and oxygen atoms in total. The Balaban J connectivity index is 6.65. The Hall–Kier alpha value is -1.09. The summed E-state index contributed by atoms with van der Waals surface area (Å²) < 4.78 is 183. The summed E-state index contributed by atoms with van der Waals surface area (Å²) in [5, 5.41) is 8.00. The fourth-order valence-corrected chi connectivity index (χ4v) is 1.12. The molecule has 0 aromatic rings. The molecule has 140 valence electrons. The Morgan fingerprint density at radius 1 is 0.348 bits per heavy atom. The summed E-state index contributed by atoms with van der Waals surface area (Å²) in [7, 11) is 0. The van der Waals surface area contributed by atoms with E-state index in [0.29, 0.717) is 0 Å². The second kappa shape index (κ2) is 4.95. The maximum atomic E-state index is 12.8. The normalized spacial score (nSPS) is 16.7. The van der Waals surface area contributed by atoms with E-state index in [1.807, 2.05) is 0 Å². The Labute approximate surface area is 114 Å². The zero-order valence-electron chi connectivity index (χ0n) is 9.62. The van der Waals surface area contributed by atoms with Crippen LogP contribution in [0.5, 0.6) is 0 Å². The van der Waals surface area contributed by atoms with Crippen molar-refractivity contribution in [2.24, 2.45) is 0 Å². The van der Waals surface area contributed by atoms with Crippen molar-refractivity contribution in [2.45, 2.75) is 41.9 Å². The average molecular weight is 386 g/mol. The van der Waals surface area contributed by atoms with Crippen LogP contribution in [0.1, 0.15) is 0 Å². The van der Waals surface area contributed by atoms with E-state index in [-0.39, 0.29) is 0 Å². The molecule has 0 aliphatic heterocycles. The van der Waals surface area contributed by atoms with E-state index in [9.17, 15) is 65.9 Å². The summed E-state index contributed by atoms with van der Waals surface area (Å²) in [6.07, 6.45) is -23.2. The van der Waals surface area contributed by atoms with Gasteiger partial charge in [-0.1, -0.05) is 0 Å². The molecule has 0 heterocycles. The first-order valence-electron chi connectivity index (χ1n) is 4.56. The molecule has 0 aliphatic rings. The highest BCUT2D eigenvalue weighted by molar-refractivity contribution is 5.15. The van der Waals surface area contributed by atoms with Gasteiger partial charge in [-0.3, -0.25) is 0 Å². The molecule has 0 unspecified atom stereocenters. The SMILES string of the molecule is OC(C(F)(F)F)(C(F)(F)F)C(F)(F)C(F)(F)C(F)(F)C(F)(F)F. The highest BCUT2D eigenvalue weighted by Crippen LogP contribution is 2.62. The lowest BCUT2D eigenvalue weighted by Gasteiger charge is -2.43. The third kappa shape index (κ3) is 2.67. The van der Waals surface area contributed by atoms with Crippen LogP contribution in [0.3, 0.4) is 0 Å². The summed E-state index contributed by atoms with van der Waals surface area (Å²) in [6, 6.07) is 0. The maximum absolute atomic E-state index is 12.8. The van der Waals surface area contributed by atoms with Crippen molar-refractivity contribution in [2.75, 3.05) is 0 Å². The first kappa shape index (κ1) is 21.9. The van der Waals surface area contributed by atoms with Crippen molar-refractivity contribution < 1.29 is 71.0 Å². The quantitative estimate of drug-likeness (QED) is 0.717. The van der Waals surface area contributed by atoms with Crippen LogP contribution < -0.4 is 0 Å². The summed E-state index contributed by atoms with van der Waals surface area (Å²) >= 11 is 0. The highest BCUT2D eigenvalue weighted by Gasteiger charge is 2.94. The lowest BCUT2D eigenvalue weighted by molar-refractivity contribution is -0.480. The fraction of sp³-hybridized carbons (Fsp3) is 1.00. The molecule has 0 bridgehead atoms. The van der Waals surface area contributed by atoms with Gasteiger partial charge in [0.1, 0.15) is 0 Å². The van der Waals surface area contributed by atoms with Crippen LogP contribution in [0.4, 0.5) is 65.9 Å². The Morgan fingerprint density at radius 2 is 0.609 bits per heavy atom. The third-order valence-corrected chi connectivity index (χ3v) is 2.42. The number of hydrogen-bond acceptors (Lipinski definition) is 1. The van der Waals surface area contributed by atoms with E-state index in [0.717, 1.165) is 0 Å². The summed E-state index contributed by atoms with van der Waals surface area (Å²) in [5.74, 6) is -24.7. The zero-order chi connectivity index (χ0) is 19.5. The molecule has 0 saturated heterocycles. The molecule has 1 N–H and O–H groups in total. The van der Waals surface area contributed by atoms with Gasteiger partial charge in [0.2, 0.25) is 0 Å². The summed E-state index contributed by atoms with van der Waals surface area (Å²) in [4.78, 5) is 0. The predicted molar refractivity (Wildman–Crippen MR) is 38.0 cm³/mol. The van der Waals surface area contributed by atoms with Gasteiger partial charge < -0.3 is 5.11 Å². The van der Waals surface area contributed by atoms with Crippen LogP contribution in [0.25, 0.3) is 0 Å². The van der Waals surface area contributed by atoms with Crippen molar-refractivity contribution >= 4 is 0 Å². The molecular formula is C7HF15O. The minimum atomic E-state index is -8.34. The number of rotatable bonds is 3. The van der Waals surface area contributed by atoms with E-state index in [1.54, 1.807) is 0 Å². The lowest BCUT2D eigenvalue weighted by atomic mass is 9.86. The molecule has 0 fully saturated rings. The van der Waals surface area contributed by atoms with Crippen molar-refractivity contribution in [3.05, 3.63) is 0 Å². The standard InChI is InChI=1S/C7HF15O/c8-2(9,1(23,5(14,15)16)6(17,18)19)3(10,11)4(12,13)7(20,21)22/h23H. The van der Waals surface area contributed by atoms with E-state index in [2.05, 4.69) is 0 Å². The third-order valence-electron chi connectivity index (χ3n) is 2.42. The molecule has 0 rings (SSSR count). The molecule has 23 heavy (non-hydrogen) atoms. The smallest absolute Gasteiger partial charge is 0.369 e. The van der Waals surface area contributed by atoms with Gasteiger partial charge in [-0.15, -0.1) is 0 Å². The molecule has 0 atom stereocenters. The number of alkyl halides is 15. The number of halogens is 15. The molecule has 0 spiro atoms. The fourth-order valence-electron chi connectivity index (χ4n) is 1.12. The number of aliphatic hydroxyl groups is 1. The number of hydrogen-bond donors (Lipinski definition) is 1. The van der Waals surface area contributed by atoms with Gasteiger partial charge in [-0.25, -0.2) is 0 Å². The second-order valence-corrected chi connectivity index (χ2v) is 3.93. The van der Waals surface area contributed by atoms with E-state index >= 15 is 0 Å². The molecular weight excluding hydrogens is 385 g/mol. The van der Waals surface area contributed by atoms with Gasteiger partial charge in [-0.05, 0) is 0 Å². The average Bonchev–Trinajstić information content (AvgIpc) is 2.22. The maximum Gasteiger partial charge on any atom is 0.460 e. The highest BCUT2D eigenvalue weighted by atomic mass is 19.4. The van der Waals surface area contributed by atoms with Crippen LogP contribution in [0.2, 0.25) is 0 Å². The van der Waals surface area contributed by atoms with E-state index in [1.165, 1.54) is 0 Å². The van der Waals surface area contributed by atoms with Crippen LogP contribution in [-0.4, -0.2) is 47.0 Å². The van der Waals surface area contributed by atoms with E-state index < -0.39 is 41.9 Å². The van der Waals surface area contributed by atoms with Gasteiger partial charge in [0.15, 0.2) is 0 Å². The van der Waals surface area contributed by atoms with Crippen LogP contribution >= 0.6 is 0 Å². The van der Waals surface area contributed by atoms with Gasteiger partial charge in [-0.2, -0.15) is 65.9 Å². The van der Waals surface area contributed by atoms with Gasteiger partial charge in [0.05, 0.1) is 0 Å². The molecule has 0 aromatic carbocycles. The van der Waals surface area contributed by atoms with Gasteiger partial charge >= 0.3 is 41.9 Å². The Morgan fingerprint density at radius 3 is 0.783 bits per heavy atom. The molecule has 0 amide bonds. The van der Waals surface area contributed by atoms with Crippen molar-refractivity contribution in [1.29, 1.82) is 0 Å². The van der Waals surface area contributed by atoms with Crippen molar-refractivity contribution in [3.63, 3.8) is 0 Å². The van der Waals surface area contributed by atoms with Crippen molar-refractivity contribution in [3.8, 4) is 0 Å². The Kier molecular flexibility index (Phi) is 4.72. The first-order valence-corrected chi connectivity index (χ1v) is 4.56. The topological polar surface area (TPSA) is 20.2 Å². The van der Waals surface area contributed by atoms with Crippen LogP contribution in [0.15, 0.2) is 0 Å². The summed E-state index contributed by atoms with van der Waals surface area (Å²) in [5.41, 5.74) is -7.88. The second-order valence-electron chi connectivity index (χ2n) is 3.93. The minimum absolute atomic E-state index is 7.65. The van der Waals surface area contributed by atoms with Crippen molar-refractivity contribution in [1.82, 2.24) is 0 Å². The monoisotopic (exact) mass is 386 g/mol. The van der Waals surface area contributed by atoms with E-state index in [4.69, 9.17) is 5.11 Å². The molecule has 16 heteroatoms. The molecule has 0 aromatic heterocycles. The zero-order valence-corrected chi connectivity index (χ0v) is 9.62. The molecule has 0 radical (unpaired) electrons.